The molecule has 0 saturated carbocycles. The molecule has 1 atom stereocenters. The van der Waals surface area contributed by atoms with Gasteiger partial charge in [0.15, 0.2) is 0 Å². The van der Waals surface area contributed by atoms with E-state index >= 15 is 0 Å². The largest absolute Gasteiger partial charge is 0.492 e. The Labute approximate surface area is 124 Å². The highest BCUT2D eigenvalue weighted by atomic mass is 35.5. The van der Waals surface area contributed by atoms with Crippen LogP contribution >= 0.6 is 24.0 Å². The average molecular weight is 305 g/mol. The van der Waals surface area contributed by atoms with Crippen LogP contribution in [0.1, 0.15) is 24.4 Å². The monoisotopic (exact) mass is 304 g/mol. The molecule has 0 radical (unpaired) electrons. The quantitative estimate of drug-likeness (QED) is 0.897. The molecule has 1 unspecified atom stereocenters. The van der Waals surface area contributed by atoms with Gasteiger partial charge in [-0.15, -0.1) is 12.4 Å². The second-order valence-corrected chi connectivity index (χ2v) is 4.68. The van der Waals surface area contributed by atoms with E-state index in [0.29, 0.717) is 30.3 Å². The number of ether oxygens (including phenoxy) is 1. The first-order valence-electron chi connectivity index (χ1n) is 6.07. The van der Waals surface area contributed by atoms with Gasteiger partial charge in [0.05, 0.1) is 17.7 Å². The molecule has 1 aromatic rings. The molecule has 2 N–H and O–H groups in total. The zero-order valence-electron chi connectivity index (χ0n) is 10.7. The highest BCUT2D eigenvalue weighted by Gasteiger charge is 2.24. The van der Waals surface area contributed by atoms with Crippen molar-refractivity contribution in [2.75, 3.05) is 20.2 Å². The number of carbonyl (C=O) groups is 1. The molecule has 1 aliphatic rings. The minimum Gasteiger partial charge on any atom is -0.492 e. The van der Waals surface area contributed by atoms with E-state index in [9.17, 15) is 4.79 Å². The Morgan fingerprint density at radius 1 is 1.53 bits per heavy atom. The van der Waals surface area contributed by atoms with Crippen LogP contribution in [0.2, 0.25) is 5.02 Å². The molecule has 1 amide bonds. The van der Waals surface area contributed by atoms with Gasteiger partial charge in [-0.2, -0.15) is 0 Å². The first kappa shape index (κ1) is 16.1. The Bertz CT molecular complexity index is 441. The summed E-state index contributed by atoms with van der Waals surface area (Å²) in [7, 11) is 1.83. The van der Waals surface area contributed by atoms with Gasteiger partial charge in [-0.1, -0.05) is 23.7 Å². The number of para-hydroxylation sites is 1. The van der Waals surface area contributed by atoms with E-state index < -0.39 is 0 Å². The number of hydrogen-bond acceptors (Lipinski definition) is 3. The third-order valence-corrected chi connectivity index (χ3v) is 3.26. The van der Waals surface area contributed by atoms with Gasteiger partial charge in [0.2, 0.25) is 5.91 Å². The maximum atomic E-state index is 11.7. The van der Waals surface area contributed by atoms with Gasteiger partial charge in [0.1, 0.15) is 5.75 Å². The predicted molar refractivity (Wildman–Crippen MR) is 78.2 cm³/mol. The highest BCUT2D eigenvalue weighted by molar-refractivity contribution is 6.32. The van der Waals surface area contributed by atoms with Crippen molar-refractivity contribution in [2.24, 2.45) is 0 Å². The molecule has 0 bridgehead atoms. The van der Waals surface area contributed by atoms with Gasteiger partial charge >= 0.3 is 0 Å². The molecule has 19 heavy (non-hydrogen) atoms. The minimum absolute atomic E-state index is 0. The predicted octanol–water partition coefficient (Wildman–Crippen LogP) is 2.31. The fourth-order valence-corrected chi connectivity index (χ4v) is 2.28. The summed E-state index contributed by atoms with van der Waals surface area (Å²) in [6, 6.07) is 5.62. The molecule has 106 valence electrons. The average Bonchev–Trinajstić information content (AvgIpc) is 2.38. The van der Waals surface area contributed by atoms with E-state index in [1.54, 1.807) is 6.07 Å². The third kappa shape index (κ3) is 4.00. The van der Waals surface area contributed by atoms with Crippen LogP contribution in [-0.4, -0.2) is 26.1 Å². The molecule has 0 aromatic heterocycles. The fraction of sp³-hybridized carbons (Fsp3) is 0.462. The van der Waals surface area contributed by atoms with Gasteiger partial charge in [-0.3, -0.25) is 4.79 Å². The van der Waals surface area contributed by atoms with Crippen LogP contribution in [-0.2, 0) is 4.79 Å². The van der Waals surface area contributed by atoms with Crippen molar-refractivity contribution in [1.29, 1.82) is 0 Å². The maximum absolute atomic E-state index is 11.7. The zero-order chi connectivity index (χ0) is 13.0. The molecule has 1 aliphatic heterocycles. The van der Waals surface area contributed by atoms with E-state index in [4.69, 9.17) is 16.3 Å². The lowest BCUT2D eigenvalue weighted by Gasteiger charge is -2.27. The fourth-order valence-electron chi connectivity index (χ4n) is 2.04. The smallest absolute Gasteiger partial charge is 0.221 e. The highest BCUT2D eigenvalue weighted by Crippen LogP contribution is 2.37. The molecule has 0 saturated heterocycles. The Kier molecular flexibility index (Phi) is 6.42. The Morgan fingerprint density at radius 3 is 3.05 bits per heavy atom. The van der Waals surface area contributed by atoms with E-state index in [1.165, 1.54) is 0 Å². The zero-order valence-corrected chi connectivity index (χ0v) is 12.3. The lowest BCUT2D eigenvalue weighted by molar-refractivity contribution is -0.121. The second-order valence-electron chi connectivity index (χ2n) is 4.27. The van der Waals surface area contributed by atoms with Crippen LogP contribution in [0.15, 0.2) is 18.2 Å². The van der Waals surface area contributed by atoms with Crippen molar-refractivity contribution >= 4 is 29.9 Å². The summed E-state index contributed by atoms with van der Waals surface area (Å²) >= 11 is 6.08. The van der Waals surface area contributed by atoms with Gasteiger partial charge < -0.3 is 15.4 Å². The van der Waals surface area contributed by atoms with Crippen LogP contribution in [0.25, 0.3) is 0 Å². The summed E-state index contributed by atoms with van der Waals surface area (Å²) in [5.74, 6) is 0.742. The number of amides is 1. The van der Waals surface area contributed by atoms with Crippen molar-refractivity contribution in [3.05, 3.63) is 28.8 Å². The number of carbonyl (C=O) groups excluding carboxylic acids is 1. The van der Waals surface area contributed by atoms with Crippen molar-refractivity contribution in [2.45, 2.75) is 18.9 Å². The molecule has 0 aliphatic carbocycles. The summed E-state index contributed by atoms with van der Waals surface area (Å²) in [5, 5.41) is 6.58. The molecule has 1 heterocycles. The lowest BCUT2D eigenvalue weighted by Crippen LogP contribution is -2.33. The standard InChI is InChI=1S/C13H17ClN2O2.ClH/c1-15-7-5-12(17)16-11-6-8-18-13-9(11)3-2-4-10(13)14;/h2-4,11,15H,5-8H2,1H3,(H,16,17);1H. The van der Waals surface area contributed by atoms with Crippen molar-refractivity contribution in [1.82, 2.24) is 10.6 Å². The molecule has 4 nitrogen and oxygen atoms in total. The summed E-state index contributed by atoms with van der Waals surface area (Å²) in [4.78, 5) is 11.7. The Morgan fingerprint density at radius 2 is 2.32 bits per heavy atom. The van der Waals surface area contributed by atoms with E-state index in [2.05, 4.69) is 10.6 Å². The Balaban J connectivity index is 0.00000180. The van der Waals surface area contributed by atoms with Crippen LogP contribution in [0, 0.1) is 0 Å². The molecular formula is C13H18Cl2N2O2. The van der Waals surface area contributed by atoms with Crippen molar-refractivity contribution < 1.29 is 9.53 Å². The topological polar surface area (TPSA) is 50.4 Å². The summed E-state index contributed by atoms with van der Waals surface area (Å²) in [5.41, 5.74) is 0.964. The summed E-state index contributed by atoms with van der Waals surface area (Å²) in [6.45, 7) is 1.26. The molecule has 0 fully saturated rings. The first-order valence-corrected chi connectivity index (χ1v) is 6.45. The molecule has 0 spiro atoms. The van der Waals surface area contributed by atoms with Crippen molar-refractivity contribution in [3.8, 4) is 5.75 Å². The van der Waals surface area contributed by atoms with Crippen LogP contribution in [0.3, 0.4) is 0 Å². The third-order valence-electron chi connectivity index (χ3n) is 2.96. The summed E-state index contributed by atoms with van der Waals surface area (Å²) in [6.07, 6.45) is 1.25. The normalized spacial score (nSPS) is 16.8. The van der Waals surface area contributed by atoms with Crippen LogP contribution < -0.4 is 15.4 Å². The molecule has 6 heteroatoms. The van der Waals surface area contributed by atoms with Gasteiger partial charge in [0, 0.05) is 24.9 Å². The minimum atomic E-state index is -0.00296. The number of halogens is 2. The Hall–Kier alpha value is -0.970. The van der Waals surface area contributed by atoms with Crippen molar-refractivity contribution in [3.63, 3.8) is 0 Å². The van der Waals surface area contributed by atoms with E-state index in [1.807, 2.05) is 19.2 Å². The maximum Gasteiger partial charge on any atom is 0.221 e. The lowest BCUT2D eigenvalue weighted by atomic mass is 10.0. The van der Waals surface area contributed by atoms with Gasteiger partial charge in [-0.05, 0) is 13.1 Å². The SMILES string of the molecule is CNCCC(=O)NC1CCOc2c(Cl)cccc21.Cl. The molecule has 2 rings (SSSR count). The first-order chi connectivity index (χ1) is 8.72. The number of benzene rings is 1. The van der Waals surface area contributed by atoms with Crippen LogP contribution in [0.4, 0.5) is 0 Å². The van der Waals surface area contributed by atoms with Gasteiger partial charge in [-0.25, -0.2) is 0 Å². The number of hydrogen-bond donors (Lipinski definition) is 2. The van der Waals surface area contributed by atoms with E-state index in [0.717, 1.165) is 12.0 Å². The van der Waals surface area contributed by atoms with Crippen LogP contribution in [0.5, 0.6) is 5.75 Å². The van der Waals surface area contributed by atoms with Gasteiger partial charge in [0.25, 0.3) is 0 Å². The summed E-state index contributed by atoms with van der Waals surface area (Å²) < 4.78 is 5.55. The second kappa shape index (κ2) is 7.58. The van der Waals surface area contributed by atoms with E-state index in [-0.39, 0.29) is 24.4 Å². The number of nitrogens with one attached hydrogen (secondary N) is 2. The number of rotatable bonds is 4. The molecule has 1 aromatic carbocycles. The number of fused-ring (bicyclic) bond motifs is 1. The molecular weight excluding hydrogens is 287 g/mol.